The van der Waals surface area contributed by atoms with E-state index in [1.165, 1.54) is 12.1 Å². The zero-order valence-electron chi connectivity index (χ0n) is 18.1. The van der Waals surface area contributed by atoms with Gasteiger partial charge in [-0.15, -0.1) is 0 Å². The molecule has 4 aromatic rings. The number of halogens is 1. The molecule has 2 aromatic carbocycles. The number of fused-ring (bicyclic) bond motifs is 1. The van der Waals surface area contributed by atoms with Crippen LogP contribution in [-0.2, 0) is 6.54 Å². The molecule has 0 saturated carbocycles. The average Bonchev–Trinajstić information content (AvgIpc) is 2.88. The Morgan fingerprint density at radius 3 is 2.42 bits per heavy atom. The van der Waals surface area contributed by atoms with Crippen molar-refractivity contribution in [2.75, 3.05) is 36.0 Å². The van der Waals surface area contributed by atoms with E-state index in [4.69, 9.17) is 0 Å². The number of rotatable bonds is 5. The molecule has 1 fully saturated rings. The van der Waals surface area contributed by atoms with E-state index >= 15 is 0 Å². The van der Waals surface area contributed by atoms with Crippen LogP contribution in [0.3, 0.4) is 0 Å². The molecule has 0 atom stereocenters. The fraction of sp³-hybridized carbons (Fsp3) is 0.192. The Morgan fingerprint density at radius 1 is 0.879 bits per heavy atom. The molecule has 7 heteroatoms. The molecular formula is C26H24FN5O. The number of nitrogens with one attached hydrogen (secondary N) is 1. The van der Waals surface area contributed by atoms with Gasteiger partial charge in [0.25, 0.3) is 5.91 Å². The van der Waals surface area contributed by atoms with Crippen molar-refractivity contribution >= 4 is 28.2 Å². The first-order valence-electron chi connectivity index (χ1n) is 11.0. The monoisotopic (exact) mass is 441 g/mol. The highest BCUT2D eigenvalue weighted by Crippen LogP contribution is 2.27. The van der Waals surface area contributed by atoms with Crippen molar-refractivity contribution in [1.82, 2.24) is 15.3 Å². The van der Waals surface area contributed by atoms with Gasteiger partial charge in [-0.3, -0.25) is 9.78 Å². The maximum Gasteiger partial charge on any atom is 0.251 e. The van der Waals surface area contributed by atoms with Gasteiger partial charge in [-0.25, -0.2) is 9.37 Å². The Balaban J connectivity index is 1.32. The summed E-state index contributed by atoms with van der Waals surface area (Å²) in [6.45, 7) is 3.59. The van der Waals surface area contributed by atoms with E-state index in [-0.39, 0.29) is 11.7 Å². The highest BCUT2D eigenvalue weighted by Gasteiger charge is 2.20. The van der Waals surface area contributed by atoms with Crippen LogP contribution in [0.1, 0.15) is 16.1 Å². The van der Waals surface area contributed by atoms with Crippen molar-refractivity contribution in [2.45, 2.75) is 6.54 Å². The number of amides is 1. The molecule has 33 heavy (non-hydrogen) atoms. The topological polar surface area (TPSA) is 61.4 Å². The lowest BCUT2D eigenvalue weighted by Crippen LogP contribution is -2.46. The molecule has 0 unspecified atom stereocenters. The normalized spacial score (nSPS) is 13.8. The summed E-state index contributed by atoms with van der Waals surface area (Å²) in [4.78, 5) is 26.2. The third kappa shape index (κ3) is 4.62. The quantitative estimate of drug-likeness (QED) is 0.507. The second-order valence-corrected chi connectivity index (χ2v) is 8.02. The standard InChI is InChI=1S/C26H24FN5O/c27-21-6-8-23(9-7-21)31-13-15-32(16-14-31)25-24-17-20(5-4-19(24)10-12-29-25)26(33)30-18-22-3-1-2-11-28-22/h1-12,17H,13-16,18H2,(H,30,33). The number of nitrogens with zero attached hydrogens (tertiary/aromatic N) is 4. The minimum Gasteiger partial charge on any atom is -0.368 e. The first-order chi connectivity index (χ1) is 16.2. The first kappa shape index (κ1) is 20.9. The molecule has 3 heterocycles. The number of carbonyl (C=O) groups is 1. The fourth-order valence-corrected chi connectivity index (χ4v) is 4.15. The molecule has 2 aromatic heterocycles. The van der Waals surface area contributed by atoms with Crippen LogP contribution >= 0.6 is 0 Å². The molecular weight excluding hydrogens is 417 g/mol. The third-order valence-electron chi connectivity index (χ3n) is 5.93. The lowest BCUT2D eigenvalue weighted by Gasteiger charge is -2.37. The molecule has 166 valence electrons. The predicted octanol–water partition coefficient (Wildman–Crippen LogP) is 4.03. The van der Waals surface area contributed by atoms with E-state index in [1.54, 1.807) is 6.20 Å². The SMILES string of the molecule is O=C(NCc1ccccn1)c1ccc2ccnc(N3CCN(c4ccc(F)cc4)CC3)c2c1. The molecule has 1 amide bonds. The van der Waals surface area contributed by atoms with Crippen LogP contribution in [0.4, 0.5) is 15.9 Å². The minimum absolute atomic E-state index is 0.140. The van der Waals surface area contributed by atoms with Gasteiger partial charge in [0.2, 0.25) is 0 Å². The number of piperazine rings is 1. The number of anilines is 2. The Labute approximate surface area is 191 Å². The van der Waals surface area contributed by atoms with Crippen LogP contribution in [0.15, 0.2) is 79.1 Å². The zero-order chi connectivity index (χ0) is 22.6. The van der Waals surface area contributed by atoms with Crippen LogP contribution in [-0.4, -0.2) is 42.1 Å². The highest BCUT2D eigenvalue weighted by atomic mass is 19.1. The number of benzene rings is 2. The van der Waals surface area contributed by atoms with Gasteiger partial charge in [-0.2, -0.15) is 0 Å². The smallest absolute Gasteiger partial charge is 0.251 e. The summed E-state index contributed by atoms with van der Waals surface area (Å²) < 4.78 is 13.2. The molecule has 0 bridgehead atoms. The van der Waals surface area contributed by atoms with Gasteiger partial charge in [-0.1, -0.05) is 12.1 Å². The van der Waals surface area contributed by atoms with Gasteiger partial charge in [0, 0.05) is 55.2 Å². The van der Waals surface area contributed by atoms with E-state index in [9.17, 15) is 9.18 Å². The van der Waals surface area contributed by atoms with E-state index in [0.717, 1.165) is 54.2 Å². The Morgan fingerprint density at radius 2 is 1.67 bits per heavy atom. The zero-order valence-corrected chi connectivity index (χ0v) is 18.1. The fourth-order valence-electron chi connectivity index (χ4n) is 4.15. The van der Waals surface area contributed by atoms with Crippen LogP contribution in [0.25, 0.3) is 10.8 Å². The number of aromatic nitrogens is 2. The van der Waals surface area contributed by atoms with Crippen LogP contribution in [0, 0.1) is 5.82 Å². The molecule has 6 nitrogen and oxygen atoms in total. The van der Waals surface area contributed by atoms with E-state index in [0.29, 0.717) is 12.1 Å². The molecule has 1 aliphatic heterocycles. The summed E-state index contributed by atoms with van der Waals surface area (Å²) in [6, 6.07) is 19.9. The summed E-state index contributed by atoms with van der Waals surface area (Å²) in [6.07, 6.45) is 3.52. The largest absolute Gasteiger partial charge is 0.368 e. The molecule has 1 saturated heterocycles. The molecule has 0 radical (unpaired) electrons. The number of hydrogen-bond donors (Lipinski definition) is 1. The molecule has 1 N–H and O–H groups in total. The van der Waals surface area contributed by atoms with Crippen molar-refractivity contribution in [2.24, 2.45) is 0 Å². The number of carbonyl (C=O) groups excluding carboxylic acids is 1. The van der Waals surface area contributed by atoms with E-state index in [1.807, 2.05) is 60.8 Å². The van der Waals surface area contributed by atoms with Crippen LogP contribution < -0.4 is 15.1 Å². The summed E-state index contributed by atoms with van der Waals surface area (Å²) in [5.41, 5.74) is 2.43. The van der Waals surface area contributed by atoms with Crippen molar-refractivity contribution in [3.8, 4) is 0 Å². The van der Waals surface area contributed by atoms with E-state index < -0.39 is 0 Å². The van der Waals surface area contributed by atoms with Crippen molar-refractivity contribution in [3.63, 3.8) is 0 Å². The lowest BCUT2D eigenvalue weighted by atomic mass is 10.1. The predicted molar refractivity (Wildman–Crippen MR) is 128 cm³/mol. The van der Waals surface area contributed by atoms with Gasteiger partial charge in [0.1, 0.15) is 11.6 Å². The first-order valence-corrected chi connectivity index (χ1v) is 11.0. The van der Waals surface area contributed by atoms with Crippen molar-refractivity contribution < 1.29 is 9.18 Å². The van der Waals surface area contributed by atoms with Gasteiger partial charge in [-0.05, 0) is 60.0 Å². The third-order valence-corrected chi connectivity index (χ3v) is 5.93. The Kier molecular flexibility index (Phi) is 5.85. The van der Waals surface area contributed by atoms with Crippen molar-refractivity contribution in [3.05, 3.63) is 96.2 Å². The minimum atomic E-state index is -0.225. The molecule has 0 aliphatic carbocycles. The van der Waals surface area contributed by atoms with Gasteiger partial charge in [0.05, 0.1) is 12.2 Å². The maximum atomic E-state index is 13.2. The van der Waals surface area contributed by atoms with Gasteiger partial charge in [0.15, 0.2) is 0 Å². The molecule has 0 spiro atoms. The summed E-state index contributed by atoms with van der Waals surface area (Å²) in [5.74, 6) is 0.515. The van der Waals surface area contributed by atoms with Crippen molar-refractivity contribution in [1.29, 1.82) is 0 Å². The second kappa shape index (κ2) is 9.24. The molecule has 1 aliphatic rings. The van der Waals surface area contributed by atoms with Gasteiger partial charge < -0.3 is 15.1 Å². The molecule has 5 rings (SSSR count). The van der Waals surface area contributed by atoms with Crippen LogP contribution in [0.5, 0.6) is 0 Å². The highest BCUT2D eigenvalue weighted by molar-refractivity contribution is 6.01. The maximum absolute atomic E-state index is 13.2. The van der Waals surface area contributed by atoms with E-state index in [2.05, 4.69) is 25.1 Å². The summed E-state index contributed by atoms with van der Waals surface area (Å²) in [7, 11) is 0. The Hall–Kier alpha value is -4.00. The Bertz CT molecular complexity index is 1250. The van der Waals surface area contributed by atoms with Gasteiger partial charge >= 0.3 is 0 Å². The average molecular weight is 442 g/mol. The number of pyridine rings is 2. The lowest BCUT2D eigenvalue weighted by molar-refractivity contribution is 0.0950. The summed E-state index contributed by atoms with van der Waals surface area (Å²) >= 11 is 0. The van der Waals surface area contributed by atoms with Crippen LogP contribution in [0.2, 0.25) is 0 Å². The summed E-state index contributed by atoms with van der Waals surface area (Å²) in [5, 5.41) is 4.94. The second-order valence-electron chi connectivity index (χ2n) is 8.02. The number of hydrogen-bond acceptors (Lipinski definition) is 5.